The fourth-order valence-electron chi connectivity index (χ4n) is 5.81. The van der Waals surface area contributed by atoms with Gasteiger partial charge in [0, 0.05) is 16.3 Å². The SMILES string of the molecule is COC(=O)C1=C(C(=O)OC)[C@]2(O[C@@H](/C=C/c3ccccc3)N1c1ccccc1)C(=O)N(Cc1ccccc1)c1ccc(Cl)cc12. The zero-order valence-corrected chi connectivity index (χ0v) is 25.3. The number of ether oxygens (including phenoxy) is 3. The maximum Gasteiger partial charge on any atom is 0.355 e. The molecule has 0 aromatic heterocycles. The summed E-state index contributed by atoms with van der Waals surface area (Å²) in [6, 6.07) is 32.9. The monoisotopic (exact) mass is 620 g/mol. The van der Waals surface area contributed by atoms with Gasteiger partial charge in [-0.25, -0.2) is 9.59 Å². The van der Waals surface area contributed by atoms with Gasteiger partial charge in [0.1, 0.15) is 11.3 Å². The van der Waals surface area contributed by atoms with Crippen molar-refractivity contribution in [2.24, 2.45) is 0 Å². The number of anilines is 2. The van der Waals surface area contributed by atoms with Crippen molar-refractivity contribution in [2.75, 3.05) is 24.0 Å². The number of halogens is 1. The molecule has 1 amide bonds. The summed E-state index contributed by atoms with van der Waals surface area (Å²) >= 11 is 6.54. The molecule has 4 aromatic carbocycles. The summed E-state index contributed by atoms with van der Waals surface area (Å²) in [5.41, 5.74) is 0.415. The van der Waals surface area contributed by atoms with Gasteiger partial charge in [-0.15, -0.1) is 0 Å². The Bertz CT molecular complexity index is 1810. The van der Waals surface area contributed by atoms with Gasteiger partial charge in [0.15, 0.2) is 6.23 Å². The number of hydrogen-bond acceptors (Lipinski definition) is 7. The van der Waals surface area contributed by atoms with Crippen LogP contribution in [-0.2, 0) is 40.7 Å². The molecule has 45 heavy (non-hydrogen) atoms. The Kier molecular flexibility index (Phi) is 8.26. The van der Waals surface area contributed by atoms with Gasteiger partial charge >= 0.3 is 11.9 Å². The predicted octanol–water partition coefficient (Wildman–Crippen LogP) is 6.26. The number of hydrogen-bond donors (Lipinski definition) is 0. The number of nitrogens with zero attached hydrogens (tertiary/aromatic N) is 2. The summed E-state index contributed by atoms with van der Waals surface area (Å²) in [6.45, 7) is 0.175. The van der Waals surface area contributed by atoms with Gasteiger partial charge in [-0.1, -0.05) is 96.5 Å². The first-order valence-corrected chi connectivity index (χ1v) is 14.6. The van der Waals surface area contributed by atoms with E-state index in [4.69, 9.17) is 25.8 Å². The van der Waals surface area contributed by atoms with E-state index >= 15 is 0 Å². The van der Waals surface area contributed by atoms with Crippen LogP contribution in [0.3, 0.4) is 0 Å². The molecule has 8 nitrogen and oxygen atoms in total. The molecule has 0 fully saturated rings. The van der Waals surface area contributed by atoms with E-state index in [0.717, 1.165) is 11.1 Å². The van der Waals surface area contributed by atoms with Crippen LogP contribution in [0.2, 0.25) is 5.02 Å². The number of fused-ring (bicyclic) bond motifs is 2. The lowest BCUT2D eigenvalue weighted by Gasteiger charge is -2.45. The minimum absolute atomic E-state index is 0.175. The molecule has 0 unspecified atom stereocenters. The lowest BCUT2D eigenvalue weighted by Crippen LogP contribution is -2.57. The number of para-hydroxylation sites is 1. The molecule has 0 aliphatic carbocycles. The number of methoxy groups -OCH3 is 2. The van der Waals surface area contributed by atoms with Crippen molar-refractivity contribution in [1.29, 1.82) is 0 Å². The molecule has 2 heterocycles. The third kappa shape index (κ3) is 5.28. The molecule has 2 atom stereocenters. The molecule has 6 rings (SSSR count). The van der Waals surface area contributed by atoms with E-state index < -0.39 is 29.7 Å². The second-order valence-electron chi connectivity index (χ2n) is 10.4. The Morgan fingerprint density at radius 3 is 2.13 bits per heavy atom. The topological polar surface area (TPSA) is 85.4 Å². The highest BCUT2D eigenvalue weighted by atomic mass is 35.5. The highest BCUT2D eigenvalue weighted by Crippen LogP contribution is 2.53. The van der Waals surface area contributed by atoms with Crippen LogP contribution in [0.1, 0.15) is 16.7 Å². The van der Waals surface area contributed by atoms with Crippen molar-refractivity contribution < 1.29 is 28.6 Å². The van der Waals surface area contributed by atoms with Crippen molar-refractivity contribution in [3.63, 3.8) is 0 Å². The molecule has 0 bridgehead atoms. The van der Waals surface area contributed by atoms with Gasteiger partial charge < -0.3 is 24.0 Å². The lowest BCUT2D eigenvalue weighted by molar-refractivity contribution is -0.156. The Morgan fingerprint density at radius 1 is 0.867 bits per heavy atom. The van der Waals surface area contributed by atoms with E-state index in [9.17, 15) is 14.4 Å². The van der Waals surface area contributed by atoms with Crippen molar-refractivity contribution in [3.05, 3.63) is 148 Å². The standard InChI is InChI=1S/C36H29ClN2O6/c1-43-33(40)31-32(34(41)44-2)39(27-16-10-5-11-17-27)30(21-18-24-12-6-3-7-13-24)45-36(31)28-22-26(37)19-20-29(28)38(35(36)42)23-25-14-8-4-9-15-25/h3-22,30H,23H2,1-2H3/b21-18+/t30-,36-/m0/s1. The smallest absolute Gasteiger partial charge is 0.355 e. The fraction of sp³-hybridized carbons (Fsp3) is 0.139. The van der Waals surface area contributed by atoms with Gasteiger partial charge in [-0.3, -0.25) is 4.79 Å². The normalized spacial score (nSPS) is 19.3. The molecule has 0 N–H and O–H groups in total. The summed E-state index contributed by atoms with van der Waals surface area (Å²) in [6.07, 6.45) is 2.49. The van der Waals surface area contributed by atoms with E-state index in [0.29, 0.717) is 22.0 Å². The van der Waals surface area contributed by atoms with Gasteiger partial charge in [0.2, 0.25) is 5.60 Å². The second-order valence-corrected chi connectivity index (χ2v) is 10.8. The largest absolute Gasteiger partial charge is 0.465 e. The van der Waals surface area contributed by atoms with E-state index in [1.54, 1.807) is 53.4 Å². The van der Waals surface area contributed by atoms with Gasteiger partial charge in [0.05, 0.1) is 26.5 Å². The van der Waals surface area contributed by atoms with Crippen molar-refractivity contribution in [1.82, 2.24) is 0 Å². The minimum Gasteiger partial charge on any atom is -0.465 e. The van der Waals surface area contributed by atoms with E-state index in [2.05, 4.69) is 0 Å². The number of carbonyl (C=O) groups excluding carboxylic acids is 3. The first-order chi connectivity index (χ1) is 21.9. The van der Waals surface area contributed by atoms with E-state index in [1.807, 2.05) is 72.8 Å². The van der Waals surface area contributed by atoms with Crippen molar-refractivity contribution >= 4 is 46.9 Å². The highest BCUT2D eigenvalue weighted by molar-refractivity contribution is 6.31. The van der Waals surface area contributed by atoms with E-state index in [-0.39, 0.29) is 17.8 Å². The number of carbonyl (C=O) groups is 3. The van der Waals surface area contributed by atoms with Crippen molar-refractivity contribution in [2.45, 2.75) is 18.4 Å². The predicted molar refractivity (Wildman–Crippen MR) is 171 cm³/mol. The molecule has 0 saturated heterocycles. The summed E-state index contributed by atoms with van der Waals surface area (Å²) in [5, 5.41) is 0.316. The van der Waals surface area contributed by atoms with Crippen LogP contribution in [0, 0.1) is 0 Å². The Morgan fingerprint density at radius 2 is 1.49 bits per heavy atom. The molecule has 0 radical (unpaired) electrons. The average molecular weight is 621 g/mol. The molecule has 2 aliphatic rings. The molecule has 1 spiro atoms. The first-order valence-electron chi connectivity index (χ1n) is 14.2. The molecule has 2 aliphatic heterocycles. The van der Waals surface area contributed by atoms with Crippen LogP contribution in [0.15, 0.2) is 127 Å². The average Bonchev–Trinajstić information content (AvgIpc) is 3.29. The first kappa shape index (κ1) is 29.9. The fourth-order valence-corrected chi connectivity index (χ4v) is 5.99. The van der Waals surface area contributed by atoms with Gasteiger partial charge in [0.25, 0.3) is 5.91 Å². The highest BCUT2D eigenvalue weighted by Gasteiger charge is 2.63. The second kappa shape index (κ2) is 12.4. The Balaban J connectivity index is 1.66. The Hall–Kier alpha value is -5.18. The summed E-state index contributed by atoms with van der Waals surface area (Å²) < 4.78 is 17.4. The quantitative estimate of drug-likeness (QED) is 0.226. The molecule has 4 aromatic rings. The zero-order chi connectivity index (χ0) is 31.6. The van der Waals surface area contributed by atoms with E-state index in [1.165, 1.54) is 19.1 Å². The number of amides is 1. The van der Waals surface area contributed by atoms with Gasteiger partial charge in [-0.2, -0.15) is 0 Å². The zero-order valence-electron chi connectivity index (χ0n) is 24.6. The van der Waals surface area contributed by atoms with Crippen LogP contribution in [0.25, 0.3) is 6.08 Å². The van der Waals surface area contributed by atoms with Crippen LogP contribution >= 0.6 is 11.6 Å². The molecule has 9 heteroatoms. The third-order valence-corrected chi connectivity index (χ3v) is 8.03. The number of rotatable bonds is 7. The Labute approximate surface area is 265 Å². The maximum atomic E-state index is 14.9. The van der Waals surface area contributed by atoms with Crippen molar-refractivity contribution in [3.8, 4) is 0 Å². The number of esters is 2. The van der Waals surface area contributed by atoms with Crippen LogP contribution < -0.4 is 9.80 Å². The van der Waals surface area contributed by atoms with Crippen LogP contribution in [-0.4, -0.2) is 38.3 Å². The summed E-state index contributed by atoms with van der Waals surface area (Å²) in [7, 11) is 2.40. The third-order valence-electron chi connectivity index (χ3n) is 7.80. The van der Waals surface area contributed by atoms with Crippen LogP contribution in [0.5, 0.6) is 0 Å². The molecule has 0 saturated carbocycles. The molecular formula is C36H29ClN2O6. The van der Waals surface area contributed by atoms with Gasteiger partial charge in [-0.05, 0) is 47.5 Å². The summed E-state index contributed by atoms with van der Waals surface area (Å²) in [5.74, 6) is -2.35. The lowest BCUT2D eigenvalue weighted by atomic mass is 9.83. The minimum atomic E-state index is -2.11. The number of benzene rings is 4. The molecular weight excluding hydrogens is 592 g/mol. The molecule has 226 valence electrons. The maximum absolute atomic E-state index is 14.9. The van der Waals surface area contributed by atoms with Crippen LogP contribution in [0.4, 0.5) is 11.4 Å². The summed E-state index contributed by atoms with van der Waals surface area (Å²) in [4.78, 5) is 45.8.